The van der Waals surface area contributed by atoms with E-state index in [1.807, 2.05) is 19.9 Å². The van der Waals surface area contributed by atoms with Crippen molar-refractivity contribution >= 4 is 39.3 Å². The summed E-state index contributed by atoms with van der Waals surface area (Å²) in [7, 11) is 0. The summed E-state index contributed by atoms with van der Waals surface area (Å²) >= 11 is 1.56. The van der Waals surface area contributed by atoms with Crippen molar-refractivity contribution in [2.24, 2.45) is 5.92 Å². The number of rotatable bonds is 17. The Bertz CT molecular complexity index is 1110. The number of aryl methyl sites for hydroxylation is 1. The number of amides is 3. The summed E-state index contributed by atoms with van der Waals surface area (Å²) < 4.78 is 1.08. The molecule has 3 N–H and O–H groups in total. The normalized spacial score (nSPS) is 13.6. The summed E-state index contributed by atoms with van der Waals surface area (Å²) in [6.45, 7) is 18.7. The van der Waals surface area contributed by atoms with Crippen LogP contribution in [-0.2, 0) is 27.2 Å². The minimum Gasteiger partial charge on any atom is -0.350 e. The van der Waals surface area contributed by atoms with E-state index in [4.69, 9.17) is 4.98 Å². The summed E-state index contributed by atoms with van der Waals surface area (Å²) in [6, 6.07) is 5.17. The van der Waals surface area contributed by atoms with Crippen LogP contribution in [0.5, 0.6) is 0 Å². The van der Waals surface area contributed by atoms with Gasteiger partial charge in [-0.15, -0.1) is 11.3 Å². The average molecular weight is 558 g/mol. The zero-order valence-corrected chi connectivity index (χ0v) is 25.4. The van der Waals surface area contributed by atoms with Crippen LogP contribution in [0, 0.1) is 5.92 Å². The molecule has 216 valence electrons. The molecule has 0 saturated carbocycles. The first-order chi connectivity index (χ1) is 18.6. The molecular weight excluding hydrogens is 510 g/mol. The molecule has 3 amide bonds. The molecule has 0 radical (unpaired) electrons. The lowest BCUT2D eigenvalue weighted by atomic mass is 9.98. The maximum atomic E-state index is 13.5. The monoisotopic (exact) mass is 557 g/mol. The Balaban J connectivity index is 2.15. The van der Waals surface area contributed by atoms with Crippen molar-refractivity contribution in [3.8, 4) is 0 Å². The molecule has 2 rings (SSSR count). The first kappa shape index (κ1) is 32.4. The Morgan fingerprint density at radius 3 is 2.41 bits per heavy atom. The Morgan fingerprint density at radius 2 is 1.79 bits per heavy atom. The fraction of sp³-hybridized carbons (Fsp3) is 0.600. The van der Waals surface area contributed by atoms with E-state index in [1.165, 1.54) is 5.56 Å². The number of hydrogen-bond donors (Lipinski definition) is 3. The molecule has 8 nitrogen and oxygen atoms in total. The summed E-state index contributed by atoms with van der Waals surface area (Å²) in [4.78, 5) is 45.7. The van der Waals surface area contributed by atoms with Crippen molar-refractivity contribution in [1.82, 2.24) is 25.8 Å². The van der Waals surface area contributed by atoms with Gasteiger partial charge in [0.15, 0.2) is 0 Å². The highest BCUT2D eigenvalue weighted by molar-refractivity contribution is 7.18. The molecule has 0 saturated heterocycles. The van der Waals surface area contributed by atoms with E-state index in [9.17, 15) is 14.4 Å². The van der Waals surface area contributed by atoms with Crippen LogP contribution in [-0.4, -0.2) is 65.9 Å². The lowest BCUT2D eigenvalue weighted by Gasteiger charge is -2.28. The largest absolute Gasteiger partial charge is 0.350 e. The molecule has 0 bridgehead atoms. The predicted octanol–water partition coefficient (Wildman–Crippen LogP) is 4.23. The summed E-state index contributed by atoms with van der Waals surface area (Å²) in [5, 5.41) is 9.79. The van der Waals surface area contributed by atoms with Crippen LogP contribution < -0.4 is 16.0 Å². The van der Waals surface area contributed by atoms with Crippen molar-refractivity contribution in [3.63, 3.8) is 0 Å². The smallest absolute Gasteiger partial charge is 0.247 e. The van der Waals surface area contributed by atoms with Crippen LogP contribution in [0.25, 0.3) is 10.2 Å². The van der Waals surface area contributed by atoms with E-state index in [0.29, 0.717) is 31.4 Å². The zero-order valence-electron chi connectivity index (χ0n) is 24.6. The minimum atomic E-state index is -0.754. The molecular formula is C30H47N5O3S. The van der Waals surface area contributed by atoms with Crippen LogP contribution in [0.3, 0.4) is 0 Å². The molecule has 0 unspecified atom stereocenters. The van der Waals surface area contributed by atoms with Gasteiger partial charge in [0.2, 0.25) is 17.7 Å². The molecule has 3 atom stereocenters. The minimum absolute atomic E-state index is 0.118. The van der Waals surface area contributed by atoms with Gasteiger partial charge < -0.3 is 16.0 Å². The van der Waals surface area contributed by atoms with E-state index in [1.54, 1.807) is 11.3 Å². The Labute approximate surface area is 238 Å². The number of thiazole rings is 1. The highest BCUT2D eigenvalue weighted by Crippen LogP contribution is 2.24. The van der Waals surface area contributed by atoms with Crippen molar-refractivity contribution in [3.05, 3.63) is 40.9 Å². The molecule has 1 heterocycles. The lowest BCUT2D eigenvalue weighted by Crippen LogP contribution is -2.54. The van der Waals surface area contributed by atoms with Gasteiger partial charge in [0, 0.05) is 37.5 Å². The number of aromatic nitrogens is 1. The number of nitrogens with one attached hydrogen (secondary N) is 3. The highest BCUT2D eigenvalue weighted by atomic mass is 32.1. The van der Waals surface area contributed by atoms with Crippen molar-refractivity contribution < 1.29 is 14.4 Å². The van der Waals surface area contributed by atoms with Crippen LogP contribution in [0.15, 0.2) is 30.4 Å². The number of nitrogens with zero attached hydrogens (tertiary/aromatic N) is 2. The maximum absolute atomic E-state index is 13.5. The number of likely N-dealkylation sites (N-methyl/N-ethyl adjacent to an activating group) is 1. The van der Waals surface area contributed by atoms with Gasteiger partial charge in [-0.3, -0.25) is 19.3 Å². The SMILES string of the molecule is C=C(CN(CC)CC)C(=O)NC[C@@H](NC(=O)[C@H](Cc1nc2ccc(CC)cc2s1)NC(=O)CCC)[C@@H](C)CC. The van der Waals surface area contributed by atoms with Gasteiger partial charge in [-0.05, 0) is 49.5 Å². The van der Waals surface area contributed by atoms with Crippen molar-refractivity contribution in [2.75, 3.05) is 26.2 Å². The summed E-state index contributed by atoms with van der Waals surface area (Å²) in [6.07, 6.45) is 3.12. The van der Waals surface area contributed by atoms with Crippen molar-refractivity contribution in [2.45, 2.75) is 85.7 Å². The molecule has 1 aromatic carbocycles. The molecule has 2 aromatic rings. The number of benzene rings is 1. The molecule has 0 aliphatic rings. The number of hydrogen-bond acceptors (Lipinski definition) is 6. The molecule has 9 heteroatoms. The molecule has 39 heavy (non-hydrogen) atoms. The second kappa shape index (κ2) is 16.4. The molecule has 0 aliphatic carbocycles. The molecule has 0 spiro atoms. The van der Waals surface area contributed by atoms with Gasteiger partial charge in [0.05, 0.1) is 15.2 Å². The van der Waals surface area contributed by atoms with E-state index in [0.717, 1.165) is 41.2 Å². The average Bonchev–Trinajstić information content (AvgIpc) is 3.34. The van der Waals surface area contributed by atoms with Gasteiger partial charge in [-0.25, -0.2) is 4.98 Å². The van der Waals surface area contributed by atoms with Crippen LogP contribution in [0.1, 0.15) is 71.4 Å². The van der Waals surface area contributed by atoms with E-state index in [2.05, 4.69) is 67.3 Å². The van der Waals surface area contributed by atoms with Gasteiger partial charge in [-0.2, -0.15) is 0 Å². The topological polar surface area (TPSA) is 103 Å². The zero-order chi connectivity index (χ0) is 28.9. The predicted molar refractivity (Wildman–Crippen MR) is 161 cm³/mol. The fourth-order valence-corrected chi connectivity index (χ4v) is 5.36. The Hall–Kier alpha value is -2.78. The number of fused-ring (bicyclic) bond motifs is 1. The third-order valence-corrected chi connectivity index (χ3v) is 8.22. The van der Waals surface area contributed by atoms with Gasteiger partial charge in [-0.1, -0.05) is 60.6 Å². The maximum Gasteiger partial charge on any atom is 0.247 e. The second-order valence-corrected chi connectivity index (χ2v) is 11.2. The number of carbonyl (C=O) groups excluding carboxylic acids is 3. The van der Waals surface area contributed by atoms with Crippen LogP contribution in [0.2, 0.25) is 0 Å². The van der Waals surface area contributed by atoms with E-state index >= 15 is 0 Å². The van der Waals surface area contributed by atoms with E-state index in [-0.39, 0.29) is 36.2 Å². The summed E-state index contributed by atoms with van der Waals surface area (Å²) in [5.74, 6) is -0.520. The Morgan fingerprint density at radius 1 is 1.08 bits per heavy atom. The number of carbonyl (C=O) groups is 3. The first-order valence-electron chi connectivity index (χ1n) is 14.3. The van der Waals surface area contributed by atoms with Gasteiger partial charge >= 0.3 is 0 Å². The van der Waals surface area contributed by atoms with Crippen LogP contribution >= 0.6 is 11.3 Å². The molecule has 0 aliphatic heterocycles. The fourth-order valence-electron chi connectivity index (χ4n) is 4.28. The van der Waals surface area contributed by atoms with Crippen LogP contribution in [0.4, 0.5) is 0 Å². The lowest BCUT2D eigenvalue weighted by molar-refractivity contribution is -0.129. The highest BCUT2D eigenvalue weighted by Gasteiger charge is 2.27. The first-order valence-corrected chi connectivity index (χ1v) is 15.1. The standard InChI is InChI=1S/C30H47N5O3S/c1-8-13-27(36)32-24(17-28-33-23-15-14-22(10-3)16-26(23)39-28)30(38)34-25(20(6)9-2)18-31-29(37)21(7)19-35(11-4)12-5/h14-16,20,24-25H,7-13,17-19H2,1-6H3,(H,31,37)(H,32,36)(H,34,38)/t20-,24-,25+/m0/s1. The van der Waals surface area contributed by atoms with E-state index < -0.39 is 6.04 Å². The second-order valence-electron chi connectivity index (χ2n) is 10.1. The third kappa shape index (κ3) is 10.0. The van der Waals surface area contributed by atoms with Gasteiger partial charge in [0.25, 0.3) is 0 Å². The van der Waals surface area contributed by atoms with Gasteiger partial charge in [0.1, 0.15) is 6.04 Å². The van der Waals surface area contributed by atoms with Crippen molar-refractivity contribution in [1.29, 1.82) is 0 Å². The molecule has 1 aromatic heterocycles. The quantitative estimate of drug-likeness (QED) is 0.253. The third-order valence-electron chi connectivity index (χ3n) is 7.18. The summed E-state index contributed by atoms with van der Waals surface area (Å²) in [5.41, 5.74) is 2.64. The Kier molecular flexibility index (Phi) is 13.6. The molecule has 0 fully saturated rings.